The van der Waals surface area contributed by atoms with Crippen molar-refractivity contribution in [3.8, 4) is 11.5 Å². The maximum Gasteiger partial charge on any atom is 0.261 e. The van der Waals surface area contributed by atoms with E-state index < -0.39 is 0 Å². The molecule has 0 spiro atoms. The van der Waals surface area contributed by atoms with Crippen LogP contribution in [0.5, 0.6) is 11.5 Å². The number of nitrogens with zero attached hydrogens (tertiary/aromatic N) is 1. The number of thiophene rings is 1. The molecule has 7 heteroatoms. The van der Waals surface area contributed by atoms with E-state index in [1.165, 1.54) is 11.3 Å². The first kappa shape index (κ1) is 16.9. The number of benzene rings is 1. The number of likely N-dealkylation sites (tertiary alicyclic amines) is 1. The number of carbonyl (C=O) groups excluding carboxylic acids is 2. The predicted molar refractivity (Wildman–Crippen MR) is 97.8 cm³/mol. The second-order valence-corrected chi connectivity index (χ2v) is 7.26. The highest BCUT2D eigenvalue weighted by Gasteiger charge is 2.31. The fourth-order valence-corrected chi connectivity index (χ4v) is 4.07. The highest BCUT2D eigenvalue weighted by Crippen LogP contribution is 2.38. The van der Waals surface area contributed by atoms with Gasteiger partial charge in [0.15, 0.2) is 11.5 Å². The van der Waals surface area contributed by atoms with Gasteiger partial charge in [0.1, 0.15) is 13.2 Å². The molecule has 2 aliphatic heterocycles. The Morgan fingerprint density at radius 1 is 1.19 bits per heavy atom. The Hall–Kier alpha value is -2.54. The van der Waals surface area contributed by atoms with Gasteiger partial charge in [0.2, 0.25) is 5.91 Å². The van der Waals surface area contributed by atoms with Gasteiger partial charge in [0.05, 0.1) is 17.5 Å². The van der Waals surface area contributed by atoms with E-state index in [0.717, 1.165) is 29.9 Å². The summed E-state index contributed by atoms with van der Waals surface area (Å²) in [5, 5.41) is 4.56. The fraction of sp³-hybridized carbons (Fsp3) is 0.368. The summed E-state index contributed by atoms with van der Waals surface area (Å²) in [6.45, 7) is 1.81. The maximum absolute atomic E-state index is 12.7. The van der Waals surface area contributed by atoms with Gasteiger partial charge in [0.25, 0.3) is 5.91 Å². The normalized spacial score (nSPS) is 18.6. The Morgan fingerprint density at radius 3 is 2.85 bits per heavy atom. The Labute approximate surface area is 155 Å². The van der Waals surface area contributed by atoms with E-state index in [1.807, 2.05) is 34.5 Å². The number of rotatable bonds is 4. The van der Waals surface area contributed by atoms with Gasteiger partial charge in [-0.3, -0.25) is 9.59 Å². The first-order chi connectivity index (χ1) is 12.7. The Kier molecular flexibility index (Phi) is 4.79. The molecule has 2 aliphatic rings. The van der Waals surface area contributed by atoms with E-state index >= 15 is 0 Å². The quantitative estimate of drug-likeness (QED) is 0.896. The zero-order chi connectivity index (χ0) is 17.9. The lowest BCUT2D eigenvalue weighted by atomic mass is 10.0. The van der Waals surface area contributed by atoms with Gasteiger partial charge in [0, 0.05) is 6.54 Å². The van der Waals surface area contributed by atoms with Crippen LogP contribution in [-0.2, 0) is 4.79 Å². The van der Waals surface area contributed by atoms with E-state index in [0.29, 0.717) is 24.6 Å². The average molecular weight is 372 g/mol. The van der Waals surface area contributed by atoms with Gasteiger partial charge < -0.3 is 19.7 Å². The van der Waals surface area contributed by atoms with Crippen molar-refractivity contribution in [2.75, 3.05) is 26.3 Å². The van der Waals surface area contributed by atoms with Crippen LogP contribution >= 0.6 is 11.3 Å². The molecule has 1 N–H and O–H groups in total. The minimum Gasteiger partial charge on any atom is -0.486 e. The Morgan fingerprint density at radius 2 is 2.04 bits per heavy atom. The third kappa shape index (κ3) is 3.39. The number of fused-ring (bicyclic) bond motifs is 1. The number of hydrogen-bond acceptors (Lipinski definition) is 5. The summed E-state index contributed by atoms with van der Waals surface area (Å²) in [5.74, 6) is 1.22. The Bertz CT molecular complexity index is 806. The summed E-state index contributed by atoms with van der Waals surface area (Å²) in [6.07, 6.45) is 1.86. The van der Waals surface area contributed by atoms with E-state index in [9.17, 15) is 9.59 Å². The first-order valence-electron chi connectivity index (χ1n) is 8.73. The van der Waals surface area contributed by atoms with Crippen LogP contribution in [-0.4, -0.2) is 43.0 Å². The molecule has 136 valence electrons. The van der Waals surface area contributed by atoms with Gasteiger partial charge in [-0.05, 0) is 42.0 Å². The molecular weight excluding hydrogens is 352 g/mol. The Balaban J connectivity index is 1.43. The number of amides is 2. The number of hydrogen-bond donors (Lipinski definition) is 1. The van der Waals surface area contributed by atoms with Crippen LogP contribution in [0.1, 0.15) is 34.1 Å². The standard InChI is InChI=1S/C19H20N2O4S/c22-18(12-20-19(23)17-4-2-10-26-17)21-7-1-3-14(21)13-5-6-15-16(11-13)25-9-8-24-15/h2,4-6,10-11,14H,1,3,7-9,12H2,(H,20,23). The van der Waals surface area contributed by atoms with E-state index in [-0.39, 0.29) is 24.4 Å². The van der Waals surface area contributed by atoms with Crippen molar-refractivity contribution in [1.82, 2.24) is 10.2 Å². The smallest absolute Gasteiger partial charge is 0.261 e. The lowest BCUT2D eigenvalue weighted by Gasteiger charge is -2.27. The van der Waals surface area contributed by atoms with Gasteiger partial charge >= 0.3 is 0 Å². The van der Waals surface area contributed by atoms with E-state index in [1.54, 1.807) is 6.07 Å². The highest BCUT2D eigenvalue weighted by atomic mass is 32.1. The second-order valence-electron chi connectivity index (χ2n) is 6.31. The van der Waals surface area contributed by atoms with E-state index in [2.05, 4.69) is 5.32 Å². The van der Waals surface area contributed by atoms with Gasteiger partial charge in [-0.25, -0.2) is 0 Å². The highest BCUT2D eigenvalue weighted by molar-refractivity contribution is 7.12. The third-order valence-electron chi connectivity index (χ3n) is 4.67. The molecule has 2 aromatic rings. The summed E-state index contributed by atoms with van der Waals surface area (Å²) in [5.41, 5.74) is 1.05. The summed E-state index contributed by atoms with van der Waals surface area (Å²) < 4.78 is 11.2. The average Bonchev–Trinajstić information content (AvgIpc) is 3.37. The molecule has 4 rings (SSSR count). The molecular formula is C19H20N2O4S. The molecule has 3 heterocycles. The van der Waals surface area contributed by atoms with Crippen molar-refractivity contribution in [2.24, 2.45) is 0 Å². The lowest BCUT2D eigenvalue weighted by molar-refractivity contribution is -0.131. The van der Waals surface area contributed by atoms with Crippen LogP contribution < -0.4 is 14.8 Å². The molecule has 0 saturated carbocycles. The van der Waals surface area contributed by atoms with Crippen molar-refractivity contribution in [1.29, 1.82) is 0 Å². The van der Waals surface area contributed by atoms with Crippen molar-refractivity contribution in [3.63, 3.8) is 0 Å². The zero-order valence-corrected chi connectivity index (χ0v) is 15.1. The molecule has 0 radical (unpaired) electrons. The minimum atomic E-state index is -0.205. The molecule has 1 unspecified atom stereocenters. The molecule has 1 aromatic heterocycles. The first-order valence-corrected chi connectivity index (χ1v) is 9.61. The molecule has 0 aliphatic carbocycles. The monoisotopic (exact) mass is 372 g/mol. The summed E-state index contributed by atoms with van der Waals surface area (Å²) >= 11 is 1.36. The molecule has 2 amide bonds. The number of carbonyl (C=O) groups is 2. The molecule has 1 aromatic carbocycles. The second kappa shape index (κ2) is 7.37. The van der Waals surface area contributed by atoms with Crippen LogP contribution in [0, 0.1) is 0 Å². The summed E-state index contributed by atoms with van der Waals surface area (Å²) in [7, 11) is 0. The molecule has 6 nitrogen and oxygen atoms in total. The zero-order valence-electron chi connectivity index (χ0n) is 14.3. The van der Waals surface area contributed by atoms with Crippen LogP contribution in [0.15, 0.2) is 35.7 Å². The van der Waals surface area contributed by atoms with Gasteiger partial charge in [-0.1, -0.05) is 12.1 Å². The largest absolute Gasteiger partial charge is 0.486 e. The van der Waals surface area contributed by atoms with Crippen LogP contribution in [0.25, 0.3) is 0 Å². The lowest BCUT2D eigenvalue weighted by Crippen LogP contribution is -2.39. The molecule has 26 heavy (non-hydrogen) atoms. The molecule has 1 atom stereocenters. The molecule has 1 saturated heterocycles. The topological polar surface area (TPSA) is 67.9 Å². The van der Waals surface area contributed by atoms with Gasteiger partial charge in [-0.15, -0.1) is 11.3 Å². The summed E-state index contributed by atoms with van der Waals surface area (Å²) in [4.78, 5) is 27.1. The maximum atomic E-state index is 12.7. The SMILES string of the molecule is O=C(NCC(=O)N1CCCC1c1ccc2c(c1)OCCO2)c1cccs1. The van der Waals surface area contributed by atoms with Crippen LogP contribution in [0.2, 0.25) is 0 Å². The predicted octanol–water partition coefficient (Wildman–Crippen LogP) is 2.61. The summed E-state index contributed by atoms with van der Waals surface area (Å²) in [6, 6.07) is 9.45. The van der Waals surface area contributed by atoms with Gasteiger partial charge in [-0.2, -0.15) is 0 Å². The van der Waals surface area contributed by atoms with Crippen molar-refractivity contribution in [2.45, 2.75) is 18.9 Å². The van der Waals surface area contributed by atoms with E-state index in [4.69, 9.17) is 9.47 Å². The van der Waals surface area contributed by atoms with Crippen LogP contribution in [0.3, 0.4) is 0 Å². The molecule has 0 bridgehead atoms. The van der Waals surface area contributed by atoms with Crippen molar-refractivity contribution in [3.05, 3.63) is 46.2 Å². The minimum absolute atomic E-state index is 0.0111. The number of nitrogens with one attached hydrogen (secondary N) is 1. The molecule has 1 fully saturated rings. The van der Waals surface area contributed by atoms with Crippen molar-refractivity contribution >= 4 is 23.2 Å². The third-order valence-corrected chi connectivity index (χ3v) is 5.54. The van der Waals surface area contributed by atoms with Crippen molar-refractivity contribution < 1.29 is 19.1 Å². The number of ether oxygens (including phenoxy) is 2. The fourth-order valence-electron chi connectivity index (χ4n) is 3.43. The van der Waals surface area contributed by atoms with Crippen LogP contribution in [0.4, 0.5) is 0 Å².